The maximum atomic E-state index is 17.7. The number of benzene rings is 3. The van der Waals surface area contributed by atoms with Gasteiger partial charge >= 0.3 is 6.01 Å². The molecule has 9 rings (SSSR count). The molecule has 0 aliphatic carbocycles. The highest BCUT2D eigenvalue weighted by atomic mass is 19.1. The summed E-state index contributed by atoms with van der Waals surface area (Å²) < 4.78 is 55.6. The van der Waals surface area contributed by atoms with Crippen LogP contribution >= 0.6 is 0 Å². The van der Waals surface area contributed by atoms with Crippen molar-refractivity contribution in [1.29, 1.82) is 0 Å². The molecule has 0 spiro atoms. The molecule has 264 valence electrons. The number of aromatic hydroxyl groups is 1. The van der Waals surface area contributed by atoms with Gasteiger partial charge < -0.3 is 14.7 Å². The molecule has 2 bridgehead atoms. The van der Waals surface area contributed by atoms with E-state index >= 15 is 8.78 Å². The summed E-state index contributed by atoms with van der Waals surface area (Å²) in [6.45, 7) is 6.33. The molecular formula is C39H40F3N7O2. The lowest BCUT2D eigenvalue weighted by atomic mass is 9.91. The Morgan fingerprint density at radius 1 is 1.08 bits per heavy atom. The first kappa shape index (κ1) is 32.3. The van der Waals surface area contributed by atoms with Crippen LogP contribution in [0.15, 0.2) is 30.5 Å². The summed E-state index contributed by atoms with van der Waals surface area (Å²) in [6, 6.07) is 5.99. The summed E-state index contributed by atoms with van der Waals surface area (Å²) in [4.78, 5) is 16.8. The number of alkyl halides is 1. The molecule has 6 heterocycles. The standard InChI is InChI=1S/C39H40F3N7O2/c1-4-12-47-18-24-8-9-25(19-47)49(24)37-33-29-20-46(3)45-35(29)32(28-15-26(50)14-22-7-10-30(41)27(5-2)31(22)28)34(42)36(33)43-38(44-37)51-21-39-11-6-13-48(39)17-23(40)16-39/h2,7,10,14-15,20,23-25,50H,4,6,8-9,11-13,16-19,21H2,1,3H3/t23-,24-,25+,39+/m1/s1. The topological polar surface area (TPSA) is 82.8 Å². The largest absolute Gasteiger partial charge is 0.508 e. The molecule has 0 unspecified atom stereocenters. The molecule has 4 atom stereocenters. The second-order valence-corrected chi connectivity index (χ2v) is 14.9. The number of halogens is 3. The first-order chi connectivity index (χ1) is 24.7. The number of likely N-dealkylation sites (tertiary alicyclic amines) is 1. The predicted molar refractivity (Wildman–Crippen MR) is 191 cm³/mol. The molecule has 4 fully saturated rings. The van der Waals surface area contributed by atoms with E-state index in [0.29, 0.717) is 45.8 Å². The number of phenols is 1. The molecule has 1 N–H and O–H groups in total. The summed E-state index contributed by atoms with van der Waals surface area (Å²) in [7, 11) is 1.76. The minimum Gasteiger partial charge on any atom is -0.508 e. The number of aryl methyl sites for hydroxylation is 1. The Morgan fingerprint density at radius 2 is 1.88 bits per heavy atom. The van der Waals surface area contributed by atoms with E-state index in [1.54, 1.807) is 11.7 Å². The molecule has 4 aliphatic rings. The molecular weight excluding hydrogens is 655 g/mol. The zero-order chi connectivity index (χ0) is 35.2. The highest BCUT2D eigenvalue weighted by molar-refractivity contribution is 6.18. The Morgan fingerprint density at radius 3 is 2.65 bits per heavy atom. The quantitative estimate of drug-likeness (QED) is 0.198. The predicted octanol–water partition coefficient (Wildman–Crippen LogP) is 6.32. The van der Waals surface area contributed by atoms with Crippen molar-refractivity contribution in [2.45, 2.75) is 69.2 Å². The Kier molecular flexibility index (Phi) is 7.60. The number of piperazine rings is 1. The van der Waals surface area contributed by atoms with E-state index in [2.05, 4.69) is 27.5 Å². The highest BCUT2D eigenvalue weighted by Crippen LogP contribution is 2.47. The number of terminal acetylenes is 1. The van der Waals surface area contributed by atoms with Crippen LogP contribution in [0.3, 0.4) is 0 Å². The maximum Gasteiger partial charge on any atom is 0.319 e. The van der Waals surface area contributed by atoms with Gasteiger partial charge in [-0.05, 0) is 74.3 Å². The summed E-state index contributed by atoms with van der Waals surface area (Å²) in [5, 5.41) is 17.5. The van der Waals surface area contributed by atoms with Crippen molar-refractivity contribution < 1.29 is 23.0 Å². The Hall–Kier alpha value is -4.60. The molecule has 12 heteroatoms. The first-order valence-electron chi connectivity index (χ1n) is 18.0. The van der Waals surface area contributed by atoms with Gasteiger partial charge in [-0.2, -0.15) is 15.1 Å². The summed E-state index contributed by atoms with van der Waals surface area (Å²) in [6.07, 6.45) is 11.9. The van der Waals surface area contributed by atoms with Gasteiger partial charge in [-0.25, -0.2) is 13.2 Å². The zero-order valence-electron chi connectivity index (χ0n) is 28.8. The number of hydrogen-bond donors (Lipinski definition) is 1. The van der Waals surface area contributed by atoms with E-state index in [-0.39, 0.29) is 52.7 Å². The lowest BCUT2D eigenvalue weighted by Crippen LogP contribution is -2.54. The third-order valence-electron chi connectivity index (χ3n) is 11.7. The normalized spacial score (nSPS) is 25.0. The van der Waals surface area contributed by atoms with E-state index < -0.39 is 23.3 Å². The van der Waals surface area contributed by atoms with Gasteiger partial charge in [-0.3, -0.25) is 14.5 Å². The van der Waals surface area contributed by atoms with Crippen molar-refractivity contribution in [3.63, 3.8) is 0 Å². The van der Waals surface area contributed by atoms with Crippen molar-refractivity contribution in [1.82, 2.24) is 29.5 Å². The monoisotopic (exact) mass is 695 g/mol. The Balaban J connectivity index is 1.29. The van der Waals surface area contributed by atoms with E-state index in [1.807, 2.05) is 6.20 Å². The maximum absolute atomic E-state index is 17.7. The van der Waals surface area contributed by atoms with Gasteiger partial charge in [0.25, 0.3) is 0 Å². The van der Waals surface area contributed by atoms with Crippen molar-refractivity contribution in [2.24, 2.45) is 7.05 Å². The number of phenolic OH excluding ortho intramolecular Hbond substituents is 1. The third-order valence-corrected chi connectivity index (χ3v) is 11.7. The van der Waals surface area contributed by atoms with Crippen LogP contribution in [-0.2, 0) is 7.05 Å². The van der Waals surface area contributed by atoms with Crippen molar-refractivity contribution in [3.05, 3.63) is 47.7 Å². The molecule has 9 nitrogen and oxygen atoms in total. The molecule has 0 saturated carbocycles. The molecule has 0 radical (unpaired) electrons. The summed E-state index contributed by atoms with van der Waals surface area (Å²) in [5.41, 5.74) is 0.115. The number of hydrogen-bond acceptors (Lipinski definition) is 8. The van der Waals surface area contributed by atoms with Crippen LogP contribution in [0.2, 0.25) is 0 Å². The van der Waals surface area contributed by atoms with Crippen LogP contribution in [0, 0.1) is 24.0 Å². The second kappa shape index (κ2) is 12.0. The number of rotatable bonds is 7. The van der Waals surface area contributed by atoms with E-state index in [0.717, 1.165) is 58.3 Å². The van der Waals surface area contributed by atoms with Crippen LogP contribution in [0.4, 0.5) is 19.0 Å². The van der Waals surface area contributed by atoms with E-state index in [1.165, 1.54) is 24.3 Å². The number of nitrogens with zero attached hydrogens (tertiary/aromatic N) is 7. The summed E-state index contributed by atoms with van der Waals surface area (Å²) >= 11 is 0. The van der Waals surface area contributed by atoms with E-state index in [4.69, 9.17) is 26.2 Å². The fraction of sp³-hybridized carbons (Fsp3) is 0.462. The fourth-order valence-corrected chi connectivity index (χ4v) is 9.66. The van der Waals surface area contributed by atoms with Gasteiger partial charge in [-0.15, -0.1) is 6.42 Å². The van der Waals surface area contributed by atoms with Crippen LogP contribution in [0.1, 0.15) is 51.0 Å². The van der Waals surface area contributed by atoms with Gasteiger partial charge in [0.15, 0.2) is 5.82 Å². The van der Waals surface area contributed by atoms with Crippen molar-refractivity contribution >= 4 is 38.4 Å². The molecule has 0 amide bonds. The molecule has 51 heavy (non-hydrogen) atoms. The van der Waals surface area contributed by atoms with Crippen molar-refractivity contribution in [3.8, 4) is 35.2 Å². The van der Waals surface area contributed by atoms with E-state index in [9.17, 15) is 9.50 Å². The number of aromatic nitrogens is 4. The molecule has 4 saturated heterocycles. The van der Waals surface area contributed by atoms with Crippen LogP contribution in [0.5, 0.6) is 11.8 Å². The Labute approximate surface area is 294 Å². The van der Waals surface area contributed by atoms with Gasteiger partial charge in [-0.1, -0.05) is 18.9 Å². The minimum atomic E-state index is -0.925. The van der Waals surface area contributed by atoms with Crippen LogP contribution in [-0.4, -0.2) is 97.8 Å². The van der Waals surface area contributed by atoms with Crippen LogP contribution < -0.4 is 9.64 Å². The van der Waals surface area contributed by atoms with Gasteiger partial charge in [0.2, 0.25) is 0 Å². The average Bonchev–Trinajstić information content (AvgIpc) is 3.83. The molecule has 5 aromatic rings. The second-order valence-electron chi connectivity index (χ2n) is 14.9. The van der Waals surface area contributed by atoms with Gasteiger partial charge in [0.1, 0.15) is 41.2 Å². The highest BCUT2D eigenvalue weighted by Gasteiger charge is 2.49. The third kappa shape index (κ3) is 5.03. The minimum absolute atomic E-state index is 0.0284. The average molecular weight is 696 g/mol. The lowest BCUT2D eigenvalue weighted by molar-refractivity contribution is 0.107. The zero-order valence-corrected chi connectivity index (χ0v) is 28.8. The molecule has 2 aromatic heterocycles. The van der Waals surface area contributed by atoms with Crippen LogP contribution in [0.25, 0.3) is 43.7 Å². The summed E-state index contributed by atoms with van der Waals surface area (Å²) in [5.74, 6) is 1.57. The SMILES string of the molecule is C#Cc1c(F)ccc2cc(O)cc(-c3c(F)c4nc(OC[C@@]56CCCN5C[C@H](F)C6)nc(N5[C@@H]6CC[C@H]5CN(CCC)C6)c4c4cn(C)nc34)c12. The fourth-order valence-electron chi connectivity index (χ4n) is 9.66. The Bertz CT molecular complexity index is 2260. The van der Waals surface area contributed by atoms with Crippen molar-refractivity contribution in [2.75, 3.05) is 44.2 Å². The first-order valence-corrected chi connectivity index (χ1v) is 18.0. The van der Waals surface area contributed by atoms with Gasteiger partial charge in [0, 0.05) is 67.7 Å². The number of anilines is 1. The lowest BCUT2D eigenvalue weighted by Gasteiger charge is -2.42. The van der Waals surface area contributed by atoms with Gasteiger partial charge in [0.05, 0.1) is 16.5 Å². The smallest absolute Gasteiger partial charge is 0.319 e. The number of ether oxygens (including phenoxy) is 1. The number of fused-ring (bicyclic) bond motifs is 7. The molecule has 3 aromatic carbocycles. The molecule has 4 aliphatic heterocycles.